The molecule has 126 valence electrons. The Bertz CT molecular complexity index is 694. The van der Waals surface area contributed by atoms with Gasteiger partial charge in [0.05, 0.1) is 18.3 Å². The van der Waals surface area contributed by atoms with Gasteiger partial charge in [-0.2, -0.15) is 0 Å². The lowest BCUT2D eigenvalue weighted by atomic mass is 10.1. The van der Waals surface area contributed by atoms with Crippen molar-refractivity contribution in [2.24, 2.45) is 5.92 Å². The van der Waals surface area contributed by atoms with Gasteiger partial charge >= 0.3 is 0 Å². The second kappa shape index (κ2) is 7.31. The molecule has 1 fully saturated rings. The zero-order valence-corrected chi connectivity index (χ0v) is 13.2. The summed E-state index contributed by atoms with van der Waals surface area (Å²) >= 11 is 0. The first-order valence-corrected chi connectivity index (χ1v) is 8.03. The van der Waals surface area contributed by atoms with E-state index in [1.54, 1.807) is 24.3 Å². The molecule has 3 rings (SSSR count). The first-order chi connectivity index (χ1) is 11.6. The van der Waals surface area contributed by atoms with Crippen molar-refractivity contribution in [2.45, 2.75) is 31.9 Å². The van der Waals surface area contributed by atoms with Crippen molar-refractivity contribution in [2.75, 3.05) is 5.32 Å². The fourth-order valence-corrected chi connectivity index (χ4v) is 2.87. The minimum absolute atomic E-state index is 0.102. The molecule has 1 aromatic carbocycles. The van der Waals surface area contributed by atoms with E-state index in [-0.39, 0.29) is 23.5 Å². The van der Waals surface area contributed by atoms with Crippen LogP contribution in [0.5, 0.6) is 0 Å². The highest BCUT2D eigenvalue weighted by Crippen LogP contribution is 2.25. The van der Waals surface area contributed by atoms with Gasteiger partial charge in [0.1, 0.15) is 0 Å². The third kappa shape index (κ3) is 3.83. The maximum atomic E-state index is 12.0. The second-order valence-electron chi connectivity index (χ2n) is 5.95. The molecule has 3 N–H and O–H groups in total. The summed E-state index contributed by atoms with van der Waals surface area (Å²) < 4.78 is 5.03. The molecule has 0 saturated heterocycles. The Morgan fingerprint density at radius 1 is 1.17 bits per heavy atom. The van der Waals surface area contributed by atoms with E-state index in [2.05, 4.69) is 10.6 Å². The van der Waals surface area contributed by atoms with Crippen LogP contribution in [0, 0.1) is 5.92 Å². The van der Waals surface area contributed by atoms with E-state index in [4.69, 9.17) is 4.42 Å². The number of furan rings is 1. The van der Waals surface area contributed by atoms with Crippen molar-refractivity contribution >= 4 is 17.5 Å². The van der Waals surface area contributed by atoms with E-state index in [9.17, 15) is 14.7 Å². The van der Waals surface area contributed by atoms with Crippen molar-refractivity contribution in [3.8, 4) is 0 Å². The summed E-state index contributed by atoms with van der Waals surface area (Å²) in [7, 11) is 0. The molecule has 0 aliphatic heterocycles. The molecule has 0 bridgehead atoms. The summed E-state index contributed by atoms with van der Waals surface area (Å²) in [4.78, 5) is 23.9. The molecule has 1 aliphatic carbocycles. The topological polar surface area (TPSA) is 91.6 Å². The molecule has 2 unspecified atom stereocenters. The lowest BCUT2D eigenvalue weighted by Gasteiger charge is -2.14. The van der Waals surface area contributed by atoms with Crippen molar-refractivity contribution in [1.82, 2.24) is 5.32 Å². The van der Waals surface area contributed by atoms with Crippen molar-refractivity contribution in [3.05, 3.63) is 54.0 Å². The van der Waals surface area contributed by atoms with Crippen LogP contribution in [-0.2, 0) is 11.3 Å². The summed E-state index contributed by atoms with van der Waals surface area (Å²) in [5, 5.41) is 15.3. The number of carbonyl (C=O) groups excluding carboxylic acids is 2. The van der Waals surface area contributed by atoms with Crippen LogP contribution in [0.3, 0.4) is 0 Å². The number of benzene rings is 1. The number of nitrogens with one attached hydrogen (secondary N) is 2. The van der Waals surface area contributed by atoms with E-state index in [0.717, 1.165) is 18.4 Å². The lowest BCUT2D eigenvalue weighted by Crippen LogP contribution is -2.34. The Hall–Kier alpha value is -2.60. The van der Waals surface area contributed by atoms with Gasteiger partial charge in [0.15, 0.2) is 5.76 Å². The standard InChI is InChI=1S/C18H20N2O4/c21-15-4-1-3-14(15)17(22)19-11-12-6-8-13(9-7-12)20-18(23)16-5-2-10-24-16/h2,5-10,14-15,21H,1,3-4,11H2,(H,19,22)(H,20,23). The van der Waals surface area contributed by atoms with E-state index >= 15 is 0 Å². The normalized spacial score (nSPS) is 19.9. The average Bonchev–Trinajstić information content (AvgIpc) is 3.25. The van der Waals surface area contributed by atoms with Crippen LogP contribution < -0.4 is 10.6 Å². The number of amides is 2. The predicted molar refractivity (Wildman–Crippen MR) is 88.3 cm³/mol. The fourth-order valence-electron chi connectivity index (χ4n) is 2.87. The molecule has 1 saturated carbocycles. The molecule has 2 aromatic rings. The van der Waals surface area contributed by atoms with E-state index in [1.165, 1.54) is 6.26 Å². The first-order valence-electron chi connectivity index (χ1n) is 8.03. The van der Waals surface area contributed by atoms with Gasteiger partial charge in [-0.25, -0.2) is 0 Å². The minimum atomic E-state index is -0.524. The van der Waals surface area contributed by atoms with E-state index in [1.807, 2.05) is 12.1 Å². The SMILES string of the molecule is O=C(Nc1ccc(CNC(=O)C2CCCC2O)cc1)c1ccco1. The number of hydrogen-bond donors (Lipinski definition) is 3. The number of carbonyl (C=O) groups is 2. The van der Waals surface area contributed by atoms with Crippen LogP contribution in [0.4, 0.5) is 5.69 Å². The van der Waals surface area contributed by atoms with Gasteiger partial charge in [-0.3, -0.25) is 9.59 Å². The van der Waals surface area contributed by atoms with Gasteiger partial charge in [-0.05, 0) is 49.1 Å². The number of aliphatic hydroxyl groups excluding tert-OH is 1. The van der Waals surface area contributed by atoms with Crippen molar-refractivity contribution < 1.29 is 19.1 Å². The molecule has 0 radical (unpaired) electrons. The third-order valence-corrected chi connectivity index (χ3v) is 4.24. The predicted octanol–water partition coefficient (Wildman–Crippen LogP) is 2.31. The summed E-state index contributed by atoms with van der Waals surface area (Å²) in [6.45, 7) is 0.397. The fraction of sp³-hybridized carbons (Fsp3) is 0.333. The van der Waals surface area contributed by atoms with E-state index < -0.39 is 6.10 Å². The highest BCUT2D eigenvalue weighted by Gasteiger charge is 2.31. The monoisotopic (exact) mass is 328 g/mol. The third-order valence-electron chi connectivity index (χ3n) is 4.24. The van der Waals surface area contributed by atoms with Gasteiger partial charge in [0.25, 0.3) is 5.91 Å². The molecule has 2 atom stereocenters. The number of hydrogen-bond acceptors (Lipinski definition) is 4. The number of anilines is 1. The summed E-state index contributed by atoms with van der Waals surface area (Å²) in [5.74, 6) is -0.454. The smallest absolute Gasteiger partial charge is 0.291 e. The van der Waals surface area contributed by atoms with Gasteiger partial charge in [-0.1, -0.05) is 12.1 Å². The maximum Gasteiger partial charge on any atom is 0.291 e. The number of rotatable bonds is 5. The van der Waals surface area contributed by atoms with Crippen LogP contribution in [-0.4, -0.2) is 23.0 Å². The highest BCUT2D eigenvalue weighted by atomic mass is 16.3. The maximum absolute atomic E-state index is 12.0. The Balaban J connectivity index is 1.51. The lowest BCUT2D eigenvalue weighted by molar-refractivity contribution is -0.127. The Morgan fingerprint density at radius 2 is 1.96 bits per heavy atom. The molecular formula is C18H20N2O4. The van der Waals surface area contributed by atoms with Gasteiger partial charge in [0.2, 0.25) is 5.91 Å². The zero-order chi connectivity index (χ0) is 16.9. The highest BCUT2D eigenvalue weighted by molar-refractivity contribution is 6.02. The van der Waals surface area contributed by atoms with Crippen molar-refractivity contribution in [1.29, 1.82) is 0 Å². The van der Waals surface area contributed by atoms with Crippen LogP contribution >= 0.6 is 0 Å². The van der Waals surface area contributed by atoms with E-state index in [0.29, 0.717) is 18.7 Å². The molecule has 1 heterocycles. The first kappa shape index (κ1) is 16.3. The van der Waals surface area contributed by atoms with Crippen LogP contribution in [0.1, 0.15) is 35.4 Å². The zero-order valence-electron chi connectivity index (χ0n) is 13.2. The Labute approximate surface area is 139 Å². The molecule has 1 aromatic heterocycles. The van der Waals surface area contributed by atoms with Crippen LogP contribution in [0.25, 0.3) is 0 Å². The summed E-state index contributed by atoms with van der Waals surface area (Å²) in [5.41, 5.74) is 1.57. The minimum Gasteiger partial charge on any atom is -0.459 e. The summed E-state index contributed by atoms with van der Waals surface area (Å²) in [6, 6.07) is 10.5. The van der Waals surface area contributed by atoms with Gasteiger partial charge in [-0.15, -0.1) is 0 Å². The average molecular weight is 328 g/mol. The molecule has 6 heteroatoms. The molecule has 1 aliphatic rings. The molecule has 6 nitrogen and oxygen atoms in total. The molecule has 0 spiro atoms. The second-order valence-corrected chi connectivity index (χ2v) is 5.95. The number of aliphatic hydroxyl groups is 1. The van der Waals surface area contributed by atoms with Crippen LogP contribution in [0.15, 0.2) is 47.1 Å². The van der Waals surface area contributed by atoms with Gasteiger partial charge in [0, 0.05) is 12.2 Å². The molecular weight excluding hydrogens is 308 g/mol. The Kier molecular flexibility index (Phi) is 4.96. The molecule has 2 amide bonds. The quantitative estimate of drug-likeness (QED) is 0.785. The Morgan fingerprint density at radius 3 is 2.58 bits per heavy atom. The summed E-state index contributed by atoms with van der Waals surface area (Å²) in [6.07, 6.45) is 3.25. The largest absolute Gasteiger partial charge is 0.459 e. The van der Waals surface area contributed by atoms with Crippen LogP contribution in [0.2, 0.25) is 0 Å². The van der Waals surface area contributed by atoms with Crippen molar-refractivity contribution in [3.63, 3.8) is 0 Å². The van der Waals surface area contributed by atoms with Gasteiger partial charge < -0.3 is 20.2 Å². The molecule has 24 heavy (non-hydrogen) atoms.